The molecule has 0 unspecified atom stereocenters. The van der Waals surface area contributed by atoms with Gasteiger partial charge < -0.3 is 14.3 Å². The lowest BCUT2D eigenvalue weighted by molar-refractivity contribution is -0.133. The normalized spacial score (nSPS) is 11.2. The Balaban J connectivity index is 1.83. The zero-order valence-electron chi connectivity index (χ0n) is 16.2. The number of aliphatic carboxylic acids is 1. The Bertz CT molecular complexity index is 979. The van der Waals surface area contributed by atoms with Crippen LogP contribution in [0.1, 0.15) is 31.1 Å². The zero-order valence-corrected chi connectivity index (χ0v) is 17.1. The smallest absolute Gasteiger partial charge is 0.313 e. The van der Waals surface area contributed by atoms with Gasteiger partial charge in [-0.2, -0.15) is 9.78 Å². The third-order valence-electron chi connectivity index (χ3n) is 4.01. The maximum atomic E-state index is 10.9. The van der Waals surface area contributed by atoms with Crippen LogP contribution in [-0.4, -0.2) is 44.5 Å². The quantitative estimate of drug-likeness (QED) is 0.303. The van der Waals surface area contributed by atoms with Crippen LogP contribution < -0.4 is 4.74 Å². The van der Waals surface area contributed by atoms with E-state index in [1.807, 2.05) is 31.2 Å². The summed E-state index contributed by atoms with van der Waals surface area (Å²) in [6.07, 6.45) is 5.34. The van der Waals surface area contributed by atoms with Gasteiger partial charge in [-0.25, -0.2) is 0 Å². The molecule has 1 aromatic carbocycles. The van der Waals surface area contributed by atoms with E-state index in [1.54, 1.807) is 18.5 Å². The molecule has 0 radical (unpaired) electrons. The highest BCUT2D eigenvalue weighted by Gasteiger charge is 2.18. The van der Waals surface area contributed by atoms with Crippen molar-refractivity contribution in [1.29, 1.82) is 0 Å². The number of nitrogens with zero attached hydrogens (tertiary/aromatic N) is 4. The second-order valence-electron chi connectivity index (χ2n) is 6.21. The molecule has 0 fully saturated rings. The Morgan fingerprint density at radius 3 is 2.76 bits per heavy atom. The van der Waals surface area contributed by atoms with E-state index in [-0.39, 0.29) is 5.75 Å². The predicted molar refractivity (Wildman–Crippen MR) is 111 cm³/mol. The number of hydrogen-bond donors (Lipinski definition) is 1. The first-order valence-corrected chi connectivity index (χ1v) is 10.2. The van der Waals surface area contributed by atoms with E-state index < -0.39 is 5.97 Å². The van der Waals surface area contributed by atoms with Gasteiger partial charge in [0.1, 0.15) is 11.5 Å². The van der Waals surface area contributed by atoms with Gasteiger partial charge in [-0.05, 0) is 49.2 Å². The minimum Gasteiger partial charge on any atom is -0.494 e. The van der Waals surface area contributed by atoms with Crippen LogP contribution in [0.25, 0.3) is 11.4 Å². The summed E-state index contributed by atoms with van der Waals surface area (Å²) >= 11 is 1.05. The summed E-state index contributed by atoms with van der Waals surface area (Å²) in [6.45, 7) is 4.64. The van der Waals surface area contributed by atoms with Crippen LogP contribution in [-0.2, 0) is 4.79 Å². The van der Waals surface area contributed by atoms with E-state index in [0.717, 1.165) is 41.5 Å². The number of hydrogen-bond acceptors (Lipinski definition) is 7. The van der Waals surface area contributed by atoms with Crippen molar-refractivity contribution in [3.63, 3.8) is 0 Å². The number of furan rings is 1. The number of carboxylic acids is 1. The topological polar surface area (TPSA) is 103 Å². The Labute approximate surface area is 172 Å². The van der Waals surface area contributed by atoms with Gasteiger partial charge in [-0.1, -0.05) is 25.1 Å². The zero-order chi connectivity index (χ0) is 20.6. The molecule has 0 amide bonds. The molecule has 9 heteroatoms. The highest BCUT2D eigenvalue weighted by molar-refractivity contribution is 7.99. The van der Waals surface area contributed by atoms with Crippen LogP contribution in [0.2, 0.25) is 0 Å². The molecule has 29 heavy (non-hydrogen) atoms. The van der Waals surface area contributed by atoms with Gasteiger partial charge in [-0.15, -0.1) is 10.2 Å². The number of unbranched alkanes of at least 4 members (excludes halogenated alkanes) is 1. The van der Waals surface area contributed by atoms with E-state index in [1.165, 1.54) is 4.68 Å². The molecule has 0 aliphatic heterocycles. The molecule has 1 N–H and O–H groups in total. The molecule has 3 aromatic rings. The van der Waals surface area contributed by atoms with Gasteiger partial charge in [0.2, 0.25) is 5.16 Å². The van der Waals surface area contributed by atoms with E-state index in [9.17, 15) is 4.79 Å². The van der Waals surface area contributed by atoms with Crippen LogP contribution in [0.3, 0.4) is 0 Å². The van der Waals surface area contributed by atoms with Crippen molar-refractivity contribution in [1.82, 2.24) is 14.9 Å². The monoisotopic (exact) mass is 414 g/mol. The van der Waals surface area contributed by atoms with Gasteiger partial charge in [0, 0.05) is 0 Å². The maximum absolute atomic E-state index is 10.9. The fraction of sp³-hybridized carbons (Fsp3) is 0.300. The van der Waals surface area contributed by atoms with Crippen LogP contribution in [0.5, 0.6) is 5.75 Å². The summed E-state index contributed by atoms with van der Waals surface area (Å²) in [6, 6.07) is 9.37. The molecule has 2 heterocycles. The SMILES string of the molecule is CCCCOc1ccc(/C=N\n2c(SCC(=O)O)nnc2-c2ccoc2C)cc1. The maximum Gasteiger partial charge on any atom is 0.313 e. The number of carbonyl (C=O) groups is 1. The molecule has 0 spiro atoms. The number of carboxylic acid groups (broad SMARTS) is 1. The van der Waals surface area contributed by atoms with Gasteiger partial charge in [0.05, 0.1) is 30.4 Å². The van der Waals surface area contributed by atoms with Gasteiger partial charge in [-0.3, -0.25) is 4.79 Å². The number of aromatic nitrogens is 3. The average molecular weight is 414 g/mol. The van der Waals surface area contributed by atoms with E-state index in [0.29, 0.717) is 23.3 Å². The molecule has 3 rings (SSSR count). The Morgan fingerprint density at radius 1 is 1.31 bits per heavy atom. The first-order valence-electron chi connectivity index (χ1n) is 9.20. The second kappa shape index (κ2) is 9.92. The molecular weight excluding hydrogens is 392 g/mol. The van der Waals surface area contributed by atoms with Gasteiger partial charge in [0.25, 0.3) is 0 Å². The van der Waals surface area contributed by atoms with Crippen molar-refractivity contribution in [2.24, 2.45) is 5.10 Å². The number of aryl methyl sites for hydroxylation is 1. The third-order valence-corrected chi connectivity index (χ3v) is 4.91. The molecule has 0 atom stereocenters. The lowest BCUT2D eigenvalue weighted by Crippen LogP contribution is -2.02. The second-order valence-corrected chi connectivity index (χ2v) is 7.15. The first kappa shape index (κ1) is 20.7. The lowest BCUT2D eigenvalue weighted by atomic mass is 10.2. The minimum atomic E-state index is -0.937. The Morgan fingerprint density at radius 2 is 2.10 bits per heavy atom. The molecule has 2 aromatic heterocycles. The highest BCUT2D eigenvalue weighted by Crippen LogP contribution is 2.27. The van der Waals surface area contributed by atoms with Crippen molar-refractivity contribution >= 4 is 23.9 Å². The highest BCUT2D eigenvalue weighted by atomic mass is 32.2. The standard InChI is InChI=1S/C20H22N4O4S/c1-3-4-10-28-16-7-5-15(6-8-16)12-21-24-19(17-9-11-27-14(17)2)22-23-20(24)29-13-18(25)26/h5-9,11-12H,3-4,10,13H2,1-2H3,(H,25,26)/b21-12-. The molecule has 0 aliphatic rings. The van der Waals surface area contributed by atoms with Crippen LogP contribution >= 0.6 is 11.8 Å². The van der Waals surface area contributed by atoms with Gasteiger partial charge >= 0.3 is 5.97 Å². The van der Waals surface area contributed by atoms with Crippen LogP contribution in [0.15, 0.2) is 51.3 Å². The largest absolute Gasteiger partial charge is 0.494 e. The van der Waals surface area contributed by atoms with Crippen molar-refractivity contribution in [2.45, 2.75) is 31.8 Å². The van der Waals surface area contributed by atoms with Crippen molar-refractivity contribution in [2.75, 3.05) is 12.4 Å². The predicted octanol–water partition coefficient (Wildman–Crippen LogP) is 4.08. The lowest BCUT2D eigenvalue weighted by Gasteiger charge is -2.05. The molecular formula is C20H22N4O4S. The first-order chi connectivity index (χ1) is 14.1. The minimum absolute atomic E-state index is 0.137. The molecule has 152 valence electrons. The van der Waals surface area contributed by atoms with Crippen LogP contribution in [0.4, 0.5) is 0 Å². The summed E-state index contributed by atoms with van der Waals surface area (Å²) in [5.74, 6) is 0.902. The van der Waals surface area contributed by atoms with E-state index in [4.69, 9.17) is 14.3 Å². The number of benzene rings is 1. The molecule has 0 bridgehead atoms. The van der Waals surface area contributed by atoms with E-state index >= 15 is 0 Å². The van der Waals surface area contributed by atoms with Gasteiger partial charge in [0.15, 0.2) is 5.82 Å². The summed E-state index contributed by atoms with van der Waals surface area (Å²) in [4.78, 5) is 10.9. The van der Waals surface area contributed by atoms with Crippen LogP contribution in [0, 0.1) is 6.92 Å². The third kappa shape index (κ3) is 5.47. The number of rotatable bonds is 10. The summed E-state index contributed by atoms with van der Waals surface area (Å²) in [5.41, 5.74) is 1.61. The van der Waals surface area contributed by atoms with Crippen molar-refractivity contribution < 1.29 is 19.1 Å². The molecule has 0 saturated carbocycles. The molecule has 0 saturated heterocycles. The summed E-state index contributed by atoms with van der Waals surface area (Å²) < 4.78 is 12.5. The Kier molecular flexibility index (Phi) is 7.07. The number of thioether (sulfide) groups is 1. The molecule has 8 nitrogen and oxygen atoms in total. The fourth-order valence-electron chi connectivity index (χ4n) is 2.48. The number of ether oxygens (including phenoxy) is 1. The molecule has 0 aliphatic carbocycles. The average Bonchev–Trinajstić information content (AvgIpc) is 3.31. The van der Waals surface area contributed by atoms with Crippen molar-refractivity contribution in [3.8, 4) is 17.1 Å². The summed E-state index contributed by atoms with van der Waals surface area (Å²) in [7, 11) is 0. The Hall–Kier alpha value is -3.07. The van der Waals surface area contributed by atoms with E-state index in [2.05, 4.69) is 22.2 Å². The summed E-state index contributed by atoms with van der Waals surface area (Å²) in [5, 5.41) is 22.1. The van der Waals surface area contributed by atoms with Crippen molar-refractivity contribution in [3.05, 3.63) is 47.9 Å². The fourth-order valence-corrected chi connectivity index (χ4v) is 3.09.